The molecular formula is C27H36FN. The van der Waals surface area contributed by atoms with Crippen LogP contribution in [-0.4, -0.2) is 0 Å². The van der Waals surface area contributed by atoms with Crippen molar-refractivity contribution in [3.05, 3.63) is 71.0 Å². The molecular weight excluding hydrogens is 357 g/mol. The summed E-state index contributed by atoms with van der Waals surface area (Å²) in [6, 6.07) is 16.4. The maximum atomic E-state index is 14.5. The van der Waals surface area contributed by atoms with Crippen LogP contribution in [0.4, 0.5) is 4.39 Å². The van der Waals surface area contributed by atoms with Gasteiger partial charge in [-0.2, -0.15) is 0 Å². The highest BCUT2D eigenvalue weighted by Gasteiger charge is 2.36. The molecule has 2 fully saturated rings. The molecule has 4 rings (SSSR count). The number of nitrogens with one attached hydrogen (secondary N) is 1. The van der Waals surface area contributed by atoms with Crippen LogP contribution in [0.3, 0.4) is 0 Å². The summed E-state index contributed by atoms with van der Waals surface area (Å²) >= 11 is 0. The fourth-order valence-corrected chi connectivity index (χ4v) is 5.68. The van der Waals surface area contributed by atoms with Gasteiger partial charge in [0.1, 0.15) is 5.82 Å². The highest BCUT2D eigenvalue weighted by Crippen LogP contribution is 2.40. The highest BCUT2D eigenvalue weighted by atomic mass is 19.1. The molecule has 1 nitrogen and oxygen atoms in total. The van der Waals surface area contributed by atoms with E-state index in [2.05, 4.69) is 36.5 Å². The van der Waals surface area contributed by atoms with E-state index in [1.165, 1.54) is 62.5 Å². The average molecular weight is 394 g/mol. The fraction of sp³-hybridized carbons (Fsp3) is 0.556. The number of halogens is 1. The third-order valence-electron chi connectivity index (χ3n) is 7.54. The molecule has 0 amide bonds. The van der Waals surface area contributed by atoms with E-state index in [4.69, 9.17) is 0 Å². The standard InChI is InChI=1S/C27H36FN/c1-2-21-12-14-22(15-13-21)18-23-8-7-9-24(19-23)20-29-27(16-5-6-17-27)25-10-3-4-11-26(25)28/h3-4,7-11,19,21-22,29H,2,5-6,12-18,20H2,1H3. The molecule has 0 aliphatic heterocycles. The lowest BCUT2D eigenvalue weighted by molar-refractivity contribution is 0.268. The number of hydrogen-bond donors (Lipinski definition) is 1. The molecule has 1 N–H and O–H groups in total. The molecule has 2 aliphatic carbocycles. The van der Waals surface area contributed by atoms with E-state index in [-0.39, 0.29) is 11.4 Å². The van der Waals surface area contributed by atoms with E-state index >= 15 is 0 Å². The van der Waals surface area contributed by atoms with Gasteiger partial charge < -0.3 is 5.32 Å². The van der Waals surface area contributed by atoms with Crippen molar-refractivity contribution in [1.82, 2.24) is 5.32 Å². The first-order valence-corrected chi connectivity index (χ1v) is 11.8. The third-order valence-corrected chi connectivity index (χ3v) is 7.54. The molecule has 0 saturated heterocycles. The van der Waals surface area contributed by atoms with Gasteiger partial charge in [-0.1, -0.05) is 81.5 Å². The average Bonchev–Trinajstić information content (AvgIpc) is 3.23. The third kappa shape index (κ3) is 4.91. The Balaban J connectivity index is 1.41. The SMILES string of the molecule is CCC1CCC(Cc2cccc(CNC3(c4ccccc4F)CCCC3)c2)CC1. The van der Waals surface area contributed by atoms with Gasteiger partial charge >= 0.3 is 0 Å². The Morgan fingerprint density at radius 3 is 2.31 bits per heavy atom. The van der Waals surface area contributed by atoms with Gasteiger partial charge in [-0.25, -0.2) is 4.39 Å². The first-order chi connectivity index (χ1) is 14.2. The van der Waals surface area contributed by atoms with Crippen molar-refractivity contribution in [3.63, 3.8) is 0 Å². The predicted molar refractivity (Wildman–Crippen MR) is 119 cm³/mol. The summed E-state index contributed by atoms with van der Waals surface area (Å²) in [4.78, 5) is 0. The molecule has 0 spiro atoms. The molecule has 2 aromatic rings. The molecule has 156 valence electrons. The van der Waals surface area contributed by atoms with Crippen LogP contribution in [0.1, 0.15) is 81.4 Å². The Morgan fingerprint density at radius 2 is 1.59 bits per heavy atom. The van der Waals surface area contributed by atoms with Crippen LogP contribution in [-0.2, 0) is 18.5 Å². The van der Waals surface area contributed by atoms with Crippen molar-refractivity contribution in [1.29, 1.82) is 0 Å². The normalized spacial score (nSPS) is 23.9. The van der Waals surface area contributed by atoms with Gasteiger partial charge in [0.05, 0.1) is 0 Å². The van der Waals surface area contributed by atoms with Crippen LogP contribution in [0.5, 0.6) is 0 Å². The quantitative estimate of drug-likeness (QED) is 0.527. The van der Waals surface area contributed by atoms with Crippen LogP contribution in [0.25, 0.3) is 0 Å². The predicted octanol–water partition coefficient (Wildman–Crippen LogP) is 7.14. The maximum Gasteiger partial charge on any atom is 0.128 e. The minimum atomic E-state index is -0.208. The van der Waals surface area contributed by atoms with E-state index in [1.54, 1.807) is 12.1 Å². The Bertz CT molecular complexity index is 785. The maximum absolute atomic E-state index is 14.5. The Kier molecular flexibility index (Phi) is 6.70. The van der Waals surface area contributed by atoms with E-state index in [0.29, 0.717) is 0 Å². The molecule has 0 heterocycles. The zero-order chi connectivity index (χ0) is 20.1. The van der Waals surface area contributed by atoms with Gasteiger partial charge in [-0.05, 0) is 61.1 Å². The van der Waals surface area contributed by atoms with Crippen LogP contribution in [0, 0.1) is 17.7 Å². The van der Waals surface area contributed by atoms with E-state index < -0.39 is 0 Å². The second-order valence-corrected chi connectivity index (χ2v) is 9.44. The molecule has 2 aliphatic rings. The molecule has 0 atom stereocenters. The second kappa shape index (κ2) is 9.43. The molecule has 0 unspecified atom stereocenters. The van der Waals surface area contributed by atoms with Crippen molar-refractivity contribution in [2.75, 3.05) is 0 Å². The van der Waals surface area contributed by atoms with Gasteiger partial charge in [0.2, 0.25) is 0 Å². The molecule has 2 heteroatoms. The van der Waals surface area contributed by atoms with Crippen molar-refractivity contribution < 1.29 is 4.39 Å². The van der Waals surface area contributed by atoms with Gasteiger partial charge in [0, 0.05) is 17.6 Å². The molecule has 0 aromatic heterocycles. The van der Waals surface area contributed by atoms with E-state index in [0.717, 1.165) is 36.8 Å². The molecule has 2 aromatic carbocycles. The van der Waals surface area contributed by atoms with E-state index in [1.807, 2.05) is 12.1 Å². The second-order valence-electron chi connectivity index (χ2n) is 9.44. The number of rotatable bonds is 7. The molecule has 0 bridgehead atoms. The first-order valence-electron chi connectivity index (χ1n) is 11.8. The zero-order valence-electron chi connectivity index (χ0n) is 17.9. The summed E-state index contributed by atoms with van der Waals surface area (Å²) in [6.45, 7) is 3.14. The van der Waals surface area contributed by atoms with Crippen molar-refractivity contribution in [3.8, 4) is 0 Å². The summed E-state index contributed by atoms with van der Waals surface area (Å²) in [7, 11) is 0. The van der Waals surface area contributed by atoms with Crippen LogP contribution < -0.4 is 5.32 Å². The topological polar surface area (TPSA) is 12.0 Å². The van der Waals surface area contributed by atoms with Crippen molar-refractivity contribution in [2.45, 2.75) is 83.2 Å². The monoisotopic (exact) mass is 393 g/mol. The largest absolute Gasteiger partial charge is 0.303 e. The minimum absolute atomic E-state index is 0.0710. The molecule has 29 heavy (non-hydrogen) atoms. The zero-order valence-corrected chi connectivity index (χ0v) is 17.9. The van der Waals surface area contributed by atoms with Gasteiger partial charge in [0.15, 0.2) is 0 Å². The Morgan fingerprint density at radius 1 is 0.897 bits per heavy atom. The summed E-state index contributed by atoms with van der Waals surface area (Å²) in [5.74, 6) is 1.74. The van der Waals surface area contributed by atoms with Crippen LogP contribution >= 0.6 is 0 Å². The van der Waals surface area contributed by atoms with Crippen LogP contribution in [0.15, 0.2) is 48.5 Å². The minimum Gasteiger partial charge on any atom is -0.303 e. The summed E-state index contributed by atoms with van der Waals surface area (Å²) < 4.78 is 14.5. The Labute approximate surface area is 176 Å². The molecule has 2 saturated carbocycles. The molecule has 0 radical (unpaired) electrons. The van der Waals surface area contributed by atoms with Gasteiger partial charge in [0.25, 0.3) is 0 Å². The lowest BCUT2D eigenvalue weighted by Crippen LogP contribution is -2.40. The lowest BCUT2D eigenvalue weighted by atomic mass is 9.78. The van der Waals surface area contributed by atoms with Crippen molar-refractivity contribution in [2.24, 2.45) is 11.8 Å². The number of hydrogen-bond acceptors (Lipinski definition) is 1. The van der Waals surface area contributed by atoms with Crippen LogP contribution in [0.2, 0.25) is 0 Å². The summed E-state index contributed by atoms with van der Waals surface area (Å²) in [5.41, 5.74) is 3.43. The van der Waals surface area contributed by atoms with Gasteiger partial charge in [-0.3, -0.25) is 0 Å². The smallest absolute Gasteiger partial charge is 0.128 e. The van der Waals surface area contributed by atoms with Gasteiger partial charge in [-0.15, -0.1) is 0 Å². The Hall–Kier alpha value is -1.67. The highest BCUT2D eigenvalue weighted by molar-refractivity contribution is 5.29. The number of benzene rings is 2. The summed E-state index contributed by atoms with van der Waals surface area (Å²) in [6.07, 6.45) is 12.5. The van der Waals surface area contributed by atoms with E-state index in [9.17, 15) is 4.39 Å². The fourth-order valence-electron chi connectivity index (χ4n) is 5.68. The first kappa shape index (κ1) is 20.6. The lowest BCUT2D eigenvalue weighted by Gasteiger charge is -2.32. The van der Waals surface area contributed by atoms with Crippen molar-refractivity contribution >= 4 is 0 Å². The summed E-state index contributed by atoms with van der Waals surface area (Å²) in [5, 5.41) is 3.77.